The topological polar surface area (TPSA) is 124 Å². The first-order valence-electron chi connectivity index (χ1n) is 8.58. The molecular weight excluding hydrogens is 351 g/mol. The monoisotopic (exact) mass is 375 g/mol. The van der Waals surface area contributed by atoms with E-state index in [1.54, 1.807) is 14.4 Å². The van der Waals surface area contributed by atoms with Crippen LogP contribution in [0, 0.1) is 0 Å². The number of carbonyl (C=O) groups is 2. The molecule has 142 valence electrons. The predicted molar refractivity (Wildman–Crippen MR) is 106 cm³/mol. The van der Waals surface area contributed by atoms with Gasteiger partial charge in [-0.3, -0.25) is 0 Å². The average molecular weight is 374 g/mol. The number of hydrogen-bond acceptors (Lipinski definition) is 7. The maximum absolute atomic E-state index is 11.7. The van der Waals surface area contributed by atoms with Crippen LogP contribution in [0.25, 0.3) is 0 Å². The Morgan fingerprint density at radius 1 is 1.52 bits per heavy atom. The van der Waals surface area contributed by atoms with E-state index in [0.717, 1.165) is 7.00 Å². The normalized spacial score (nSPS) is 29.5. The van der Waals surface area contributed by atoms with Gasteiger partial charge in [-0.2, -0.15) is 0 Å². The second kappa shape index (κ2) is 11.0. The van der Waals surface area contributed by atoms with Gasteiger partial charge in [-0.15, -0.1) is 0 Å². The van der Waals surface area contributed by atoms with E-state index < -0.39 is 42.0 Å². The average Bonchev–Trinajstić information content (AvgIpc) is 2.60. The van der Waals surface area contributed by atoms with Crippen LogP contribution < -0.4 is 5.32 Å². The van der Waals surface area contributed by atoms with Gasteiger partial charge < -0.3 is 0 Å². The molecule has 9 nitrogen and oxygen atoms in total. The molecule has 3 N–H and O–H groups in total. The number of rotatable bonds is 10. The first-order valence-corrected chi connectivity index (χ1v) is 8.58. The molecular formula is C12H23B6NO8. The standard InChI is InChI=1S/C12H23B6NO8/c1-5(20)19-8-7(26-15)3-12(2,11(22)23)25-10(8)9(27-17-14)6(21)4-24-18-16-13/h6-10,14,21H,3-4,13,15H2,1-2H3,(H,19,20)(H,22,23). The van der Waals surface area contributed by atoms with Crippen LogP contribution in [0.15, 0.2) is 0 Å². The van der Waals surface area contributed by atoms with Crippen molar-refractivity contribution in [3.05, 3.63) is 0 Å². The molecule has 0 aromatic heterocycles. The van der Waals surface area contributed by atoms with Crippen LogP contribution in [-0.4, -0.2) is 109 Å². The van der Waals surface area contributed by atoms with Crippen LogP contribution in [0.4, 0.5) is 0 Å². The third kappa shape index (κ3) is 6.43. The minimum atomic E-state index is -1.59. The van der Waals surface area contributed by atoms with Gasteiger partial charge in [0.2, 0.25) is 0 Å². The summed E-state index contributed by atoms with van der Waals surface area (Å²) in [6.07, 6.45) is -3.94. The molecule has 1 aliphatic rings. The van der Waals surface area contributed by atoms with Crippen molar-refractivity contribution >= 4 is 55.7 Å². The molecule has 0 aliphatic carbocycles. The van der Waals surface area contributed by atoms with Gasteiger partial charge in [-0.05, 0) is 0 Å². The summed E-state index contributed by atoms with van der Waals surface area (Å²) in [6, 6.07) is -0.749. The Morgan fingerprint density at radius 2 is 2.19 bits per heavy atom. The van der Waals surface area contributed by atoms with Crippen molar-refractivity contribution in [3.8, 4) is 0 Å². The first-order chi connectivity index (χ1) is 12.7. The van der Waals surface area contributed by atoms with Crippen LogP contribution in [0.1, 0.15) is 20.3 Å². The number of hydrogen-bond donors (Lipinski definition) is 3. The van der Waals surface area contributed by atoms with Gasteiger partial charge in [0.25, 0.3) is 0 Å². The zero-order chi connectivity index (χ0) is 20.6. The van der Waals surface area contributed by atoms with E-state index >= 15 is 0 Å². The molecule has 1 amide bonds. The number of carbonyl (C=O) groups excluding carboxylic acids is 1. The summed E-state index contributed by atoms with van der Waals surface area (Å²) in [6.45, 7) is 4.25. The molecule has 27 heavy (non-hydrogen) atoms. The van der Waals surface area contributed by atoms with Crippen LogP contribution in [0.3, 0.4) is 0 Å². The second-order valence-corrected chi connectivity index (χ2v) is 6.46. The van der Waals surface area contributed by atoms with Crippen LogP contribution in [-0.2, 0) is 28.3 Å². The molecule has 6 atom stereocenters. The third-order valence-electron chi connectivity index (χ3n) is 4.32. The Bertz CT molecular complexity index is 568. The summed E-state index contributed by atoms with van der Waals surface area (Å²) in [5.41, 5.74) is -1.59. The van der Waals surface area contributed by atoms with E-state index in [1.807, 2.05) is 0 Å². The number of aliphatic carboxylic acids is 1. The number of nitrogens with one attached hydrogen (secondary N) is 1. The summed E-state index contributed by atoms with van der Waals surface area (Å²) in [7, 11) is 9.18. The predicted octanol–water partition coefficient (Wildman–Crippen LogP) is -4.96. The van der Waals surface area contributed by atoms with Crippen molar-refractivity contribution in [1.82, 2.24) is 5.32 Å². The molecule has 6 unspecified atom stereocenters. The Hall–Kier alpha value is -1.19. The third-order valence-corrected chi connectivity index (χ3v) is 4.32. The molecule has 1 saturated heterocycles. The van der Waals surface area contributed by atoms with E-state index in [9.17, 15) is 19.8 Å². The number of carboxylic acids is 1. The first kappa shape index (κ1) is 23.8. The number of ether oxygens (including phenoxy) is 1. The van der Waals surface area contributed by atoms with Gasteiger partial charge in [-0.25, -0.2) is 0 Å². The van der Waals surface area contributed by atoms with Crippen molar-refractivity contribution in [3.63, 3.8) is 0 Å². The quantitative estimate of drug-likeness (QED) is 0.325. The van der Waals surface area contributed by atoms with Gasteiger partial charge in [0, 0.05) is 0 Å². The molecule has 0 radical (unpaired) electrons. The number of amides is 1. The summed E-state index contributed by atoms with van der Waals surface area (Å²) in [4.78, 5) is 23.4. The Kier molecular flexibility index (Phi) is 9.69. The molecule has 0 spiro atoms. The Labute approximate surface area is 163 Å². The Balaban J connectivity index is 3.24. The van der Waals surface area contributed by atoms with Crippen molar-refractivity contribution in [2.24, 2.45) is 0 Å². The number of aliphatic hydroxyl groups excluding tert-OH is 1. The summed E-state index contributed by atoms with van der Waals surface area (Å²) in [5, 5.41) is 22.8. The fourth-order valence-electron chi connectivity index (χ4n) is 3.04. The zero-order valence-corrected chi connectivity index (χ0v) is 16.1. The van der Waals surface area contributed by atoms with E-state index in [4.69, 9.17) is 18.7 Å². The summed E-state index contributed by atoms with van der Waals surface area (Å²) >= 11 is 0. The molecule has 1 heterocycles. The fraction of sp³-hybridized carbons (Fsp3) is 0.833. The minimum absolute atomic E-state index is 0.00621. The van der Waals surface area contributed by atoms with Crippen molar-refractivity contribution < 1.29 is 38.5 Å². The van der Waals surface area contributed by atoms with Gasteiger partial charge in [-0.1, -0.05) is 0 Å². The molecule has 1 fully saturated rings. The van der Waals surface area contributed by atoms with Gasteiger partial charge in [0.1, 0.15) is 0 Å². The van der Waals surface area contributed by atoms with Crippen LogP contribution in [0.2, 0.25) is 0 Å². The molecule has 15 heteroatoms. The fourth-order valence-corrected chi connectivity index (χ4v) is 3.04. The van der Waals surface area contributed by atoms with Gasteiger partial charge in [0.05, 0.1) is 0 Å². The van der Waals surface area contributed by atoms with E-state index in [1.165, 1.54) is 28.9 Å². The van der Waals surface area contributed by atoms with E-state index in [-0.39, 0.29) is 18.9 Å². The second-order valence-electron chi connectivity index (χ2n) is 6.46. The molecule has 1 aliphatic heterocycles. The Morgan fingerprint density at radius 3 is 2.67 bits per heavy atom. The number of carboxylic acid groups (broad SMARTS) is 1. The van der Waals surface area contributed by atoms with Crippen LogP contribution >= 0.6 is 0 Å². The van der Waals surface area contributed by atoms with Crippen molar-refractivity contribution in [2.75, 3.05) is 6.61 Å². The molecule has 0 aromatic rings. The van der Waals surface area contributed by atoms with E-state index in [0.29, 0.717) is 0 Å². The van der Waals surface area contributed by atoms with Crippen molar-refractivity contribution in [1.29, 1.82) is 0 Å². The van der Waals surface area contributed by atoms with Gasteiger partial charge in [0.15, 0.2) is 0 Å². The maximum atomic E-state index is 11.7. The van der Waals surface area contributed by atoms with Crippen molar-refractivity contribution in [2.45, 2.75) is 56.3 Å². The summed E-state index contributed by atoms with van der Waals surface area (Å²) < 4.78 is 21.9. The van der Waals surface area contributed by atoms with E-state index in [2.05, 4.69) is 12.7 Å². The SMILES string of the molecule is B=BOC(C(O)COB=BB)C1OC(C)(C(=O)O)CC(OB)C1NC(C)=O. The summed E-state index contributed by atoms with van der Waals surface area (Å²) in [5.74, 6) is -1.54. The number of aliphatic hydroxyl groups is 1. The van der Waals surface area contributed by atoms with Gasteiger partial charge >= 0.3 is 162 Å². The zero-order valence-electron chi connectivity index (χ0n) is 16.1. The molecule has 0 bridgehead atoms. The molecule has 0 saturated carbocycles. The van der Waals surface area contributed by atoms with Crippen LogP contribution in [0.5, 0.6) is 0 Å². The molecule has 1 rings (SSSR count). The molecule has 0 aromatic carbocycles.